The molecule has 3 rings (SSSR count). The van der Waals surface area contributed by atoms with E-state index in [0.29, 0.717) is 17.9 Å². The minimum absolute atomic E-state index is 0.132. The van der Waals surface area contributed by atoms with E-state index >= 15 is 0 Å². The molecule has 1 aliphatic rings. The summed E-state index contributed by atoms with van der Waals surface area (Å²) in [4.78, 5) is 16.7. The Morgan fingerprint density at radius 1 is 1.26 bits per heavy atom. The monoisotopic (exact) mass is 254 g/mol. The highest BCUT2D eigenvalue weighted by atomic mass is 16.2. The number of rotatable bonds is 1. The van der Waals surface area contributed by atoms with E-state index < -0.39 is 0 Å². The van der Waals surface area contributed by atoms with Gasteiger partial charge >= 0.3 is 0 Å². The third-order valence-corrected chi connectivity index (χ3v) is 3.18. The maximum absolute atomic E-state index is 12.1. The highest BCUT2D eigenvalue weighted by Gasteiger charge is 2.23. The SMILES string of the molecule is Cc1nn(C)c2c1N=C(c1ccccc1)CNC2=O. The molecule has 0 unspecified atom stereocenters. The first kappa shape index (κ1) is 11.6. The van der Waals surface area contributed by atoms with Crippen LogP contribution in [0.3, 0.4) is 0 Å². The van der Waals surface area contributed by atoms with Crippen molar-refractivity contribution in [3.63, 3.8) is 0 Å². The van der Waals surface area contributed by atoms with Crippen molar-refractivity contribution < 1.29 is 4.79 Å². The van der Waals surface area contributed by atoms with Gasteiger partial charge in [-0.05, 0) is 12.5 Å². The van der Waals surface area contributed by atoms with Crippen molar-refractivity contribution in [3.05, 3.63) is 47.3 Å². The molecular formula is C14H14N4O. The fourth-order valence-electron chi connectivity index (χ4n) is 2.25. The molecule has 1 N–H and O–H groups in total. The number of benzene rings is 1. The lowest BCUT2D eigenvalue weighted by atomic mass is 10.1. The molecule has 0 aliphatic carbocycles. The van der Waals surface area contributed by atoms with Crippen molar-refractivity contribution in [1.29, 1.82) is 0 Å². The summed E-state index contributed by atoms with van der Waals surface area (Å²) < 4.78 is 1.58. The molecule has 1 aromatic carbocycles. The Morgan fingerprint density at radius 2 is 2.00 bits per heavy atom. The van der Waals surface area contributed by atoms with Gasteiger partial charge in [-0.2, -0.15) is 5.10 Å². The highest BCUT2D eigenvalue weighted by Crippen LogP contribution is 2.25. The number of aliphatic imine (C=N–C) groups is 1. The lowest BCUT2D eigenvalue weighted by Gasteiger charge is -2.04. The molecule has 0 bridgehead atoms. The molecule has 0 atom stereocenters. The van der Waals surface area contributed by atoms with Crippen LogP contribution in [-0.4, -0.2) is 27.9 Å². The van der Waals surface area contributed by atoms with Gasteiger partial charge in [0.2, 0.25) is 0 Å². The smallest absolute Gasteiger partial charge is 0.272 e. The molecule has 1 aliphatic heterocycles. The van der Waals surface area contributed by atoms with E-state index in [1.807, 2.05) is 37.3 Å². The Hall–Kier alpha value is -2.43. The van der Waals surface area contributed by atoms with Crippen LogP contribution in [0.2, 0.25) is 0 Å². The molecule has 1 aromatic heterocycles. The first-order chi connectivity index (χ1) is 9.16. The molecule has 19 heavy (non-hydrogen) atoms. The van der Waals surface area contributed by atoms with Gasteiger partial charge in [-0.1, -0.05) is 30.3 Å². The lowest BCUT2D eigenvalue weighted by molar-refractivity contribution is 0.0951. The third kappa shape index (κ3) is 1.93. The molecule has 0 radical (unpaired) electrons. The summed E-state index contributed by atoms with van der Waals surface area (Å²) in [6, 6.07) is 9.85. The minimum atomic E-state index is -0.132. The second-order valence-electron chi connectivity index (χ2n) is 4.51. The number of carbonyl (C=O) groups is 1. The Morgan fingerprint density at radius 3 is 2.74 bits per heavy atom. The summed E-state index contributed by atoms with van der Waals surface area (Å²) >= 11 is 0. The van der Waals surface area contributed by atoms with E-state index in [2.05, 4.69) is 15.4 Å². The summed E-state index contributed by atoms with van der Waals surface area (Å²) in [6.45, 7) is 2.29. The van der Waals surface area contributed by atoms with Crippen molar-refractivity contribution in [3.8, 4) is 0 Å². The van der Waals surface area contributed by atoms with E-state index in [1.165, 1.54) is 0 Å². The van der Waals surface area contributed by atoms with Crippen LogP contribution in [0.15, 0.2) is 35.3 Å². The van der Waals surface area contributed by atoms with Gasteiger partial charge in [0.25, 0.3) is 5.91 Å². The zero-order valence-electron chi connectivity index (χ0n) is 10.8. The van der Waals surface area contributed by atoms with E-state index in [1.54, 1.807) is 11.7 Å². The molecule has 0 spiro atoms. The molecule has 0 saturated heterocycles. The number of carbonyl (C=O) groups excluding carboxylic acids is 1. The summed E-state index contributed by atoms with van der Waals surface area (Å²) in [5.41, 5.74) is 3.81. The largest absolute Gasteiger partial charge is 0.345 e. The van der Waals surface area contributed by atoms with E-state index in [0.717, 1.165) is 17.0 Å². The molecule has 5 nitrogen and oxygen atoms in total. The van der Waals surface area contributed by atoms with Gasteiger partial charge in [0.05, 0.1) is 18.0 Å². The molecular weight excluding hydrogens is 240 g/mol. The van der Waals surface area contributed by atoms with E-state index in [4.69, 9.17) is 0 Å². The first-order valence-corrected chi connectivity index (χ1v) is 6.11. The number of aromatic nitrogens is 2. The van der Waals surface area contributed by atoms with Gasteiger partial charge in [0.15, 0.2) is 5.69 Å². The lowest BCUT2D eigenvalue weighted by Crippen LogP contribution is -2.29. The number of amides is 1. The maximum Gasteiger partial charge on any atom is 0.272 e. The standard InChI is InChI=1S/C14H14N4O/c1-9-12-13(18(2)17-9)14(19)15-8-11(16-12)10-6-4-3-5-7-10/h3-7H,8H2,1-2H3,(H,15,19). The number of hydrogen-bond donors (Lipinski definition) is 1. The van der Waals surface area contributed by atoms with Gasteiger partial charge in [0, 0.05) is 7.05 Å². The number of aryl methyl sites for hydroxylation is 2. The van der Waals surface area contributed by atoms with Gasteiger partial charge < -0.3 is 5.32 Å². The second-order valence-corrected chi connectivity index (χ2v) is 4.51. The minimum Gasteiger partial charge on any atom is -0.345 e. The molecule has 0 fully saturated rings. The number of hydrogen-bond acceptors (Lipinski definition) is 3. The van der Waals surface area contributed by atoms with Crippen molar-refractivity contribution in [2.75, 3.05) is 6.54 Å². The summed E-state index contributed by atoms with van der Waals surface area (Å²) in [6.07, 6.45) is 0. The summed E-state index contributed by atoms with van der Waals surface area (Å²) in [7, 11) is 1.76. The van der Waals surface area contributed by atoms with Crippen LogP contribution in [0.1, 0.15) is 21.7 Å². The topological polar surface area (TPSA) is 59.3 Å². The zero-order chi connectivity index (χ0) is 13.4. The molecule has 5 heteroatoms. The van der Waals surface area contributed by atoms with Crippen LogP contribution >= 0.6 is 0 Å². The molecule has 2 aromatic rings. The van der Waals surface area contributed by atoms with Crippen molar-refractivity contribution in [1.82, 2.24) is 15.1 Å². The predicted molar refractivity (Wildman–Crippen MR) is 72.9 cm³/mol. The van der Waals surface area contributed by atoms with Gasteiger partial charge in [-0.3, -0.25) is 9.48 Å². The Labute approximate surface area is 111 Å². The fourth-order valence-corrected chi connectivity index (χ4v) is 2.25. The zero-order valence-corrected chi connectivity index (χ0v) is 10.8. The number of nitrogens with one attached hydrogen (secondary N) is 1. The van der Waals surface area contributed by atoms with Crippen molar-refractivity contribution in [2.24, 2.45) is 12.0 Å². The third-order valence-electron chi connectivity index (χ3n) is 3.18. The number of fused-ring (bicyclic) bond motifs is 1. The Balaban J connectivity index is 2.16. The van der Waals surface area contributed by atoms with E-state index in [9.17, 15) is 4.79 Å². The van der Waals surface area contributed by atoms with Crippen molar-refractivity contribution in [2.45, 2.75) is 6.92 Å². The van der Waals surface area contributed by atoms with Crippen molar-refractivity contribution >= 4 is 17.3 Å². The van der Waals surface area contributed by atoms with Crippen LogP contribution in [0, 0.1) is 6.92 Å². The van der Waals surface area contributed by atoms with Crippen LogP contribution in [0.5, 0.6) is 0 Å². The second kappa shape index (κ2) is 4.35. The van der Waals surface area contributed by atoms with Gasteiger partial charge in [-0.15, -0.1) is 0 Å². The fraction of sp³-hybridized carbons (Fsp3) is 0.214. The molecule has 0 saturated carbocycles. The first-order valence-electron chi connectivity index (χ1n) is 6.11. The highest BCUT2D eigenvalue weighted by molar-refractivity contribution is 6.10. The maximum atomic E-state index is 12.1. The average Bonchev–Trinajstić information content (AvgIpc) is 2.59. The average molecular weight is 254 g/mol. The van der Waals surface area contributed by atoms with Gasteiger partial charge in [0.1, 0.15) is 5.69 Å². The van der Waals surface area contributed by atoms with E-state index in [-0.39, 0.29) is 5.91 Å². The summed E-state index contributed by atoms with van der Waals surface area (Å²) in [5, 5.41) is 7.13. The summed E-state index contributed by atoms with van der Waals surface area (Å²) in [5.74, 6) is -0.132. The quantitative estimate of drug-likeness (QED) is 0.840. The molecule has 96 valence electrons. The van der Waals surface area contributed by atoms with Crippen LogP contribution in [0.25, 0.3) is 0 Å². The normalized spacial score (nSPS) is 14.4. The Bertz CT molecular complexity index is 670. The van der Waals surface area contributed by atoms with Crippen LogP contribution in [-0.2, 0) is 7.05 Å². The predicted octanol–water partition coefficient (Wildman–Crippen LogP) is 1.59. The van der Waals surface area contributed by atoms with Crippen LogP contribution in [0.4, 0.5) is 5.69 Å². The van der Waals surface area contributed by atoms with Crippen LogP contribution < -0.4 is 5.32 Å². The molecule has 1 amide bonds. The van der Waals surface area contributed by atoms with Gasteiger partial charge in [-0.25, -0.2) is 4.99 Å². The Kier molecular flexibility index (Phi) is 2.67. The number of nitrogens with zero attached hydrogens (tertiary/aromatic N) is 3. The molecule has 2 heterocycles.